The molecular formula is C8H10ClF3N4O. The van der Waals surface area contributed by atoms with Crippen LogP contribution in [0.1, 0.15) is 0 Å². The van der Waals surface area contributed by atoms with Crippen LogP contribution in [0.25, 0.3) is 0 Å². The molecule has 1 heterocycles. The van der Waals surface area contributed by atoms with Crippen LogP contribution in [0.2, 0.25) is 5.02 Å². The van der Waals surface area contributed by atoms with E-state index in [-0.39, 0.29) is 23.2 Å². The summed E-state index contributed by atoms with van der Waals surface area (Å²) < 4.78 is 36.9. The molecule has 0 saturated heterocycles. The van der Waals surface area contributed by atoms with Crippen LogP contribution in [-0.4, -0.2) is 40.9 Å². The van der Waals surface area contributed by atoms with Gasteiger partial charge >= 0.3 is 6.18 Å². The van der Waals surface area contributed by atoms with Gasteiger partial charge in [-0.15, -0.1) is 0 Å². The van der Waals surface area contributed by atoms with Gasteiger partial charge < -0.3 is 15.7 Å². The summed E-state index contributed by atoms with van der Waals surface area (Å²) in [5.41, 5.74) is 5.36. The van der Waals surface area contributed by atoms with E-state index in [4.69, 9.17) is 22.4 Å². The highest BCUT2D eigenvalue weighted by Gasteiger charge is 2.32. The second-order valence-electron chi connectivity index (χ2n) is 3.16. The van der Waals surface area contributed by atoms with E-state index in [9.17, 15) is 13.2 Å². The smallest absolute Gasteiger partial charge is 0.395 e. The summed E-state index contributed by atoms with van der Waals surface area (Å²) in [5.74, 6) is -0.257. The average molecular weight is 271 g/mol. The van der Waals surface area contributed by atoms with E-state index in [1.54, 1.807) is 0 Å². The van der Waals surface area contributed by atoms with Crippen molar-refractivity contribution in [3.63, 3.8) is 0 Å². The Labute approximate surface area is 100 Å². The molecule has 9 heteroatoms. The standard InChI is InChI=1S/C8H10ClF3N4O/c9-5-6(13)14-4-15-7(5)16(1-2-17)3-8(10,11)12/h4,17H,1-3H2,(H2,13,14,15). The zero-order chi connectivity index (χ0) is 13.1. The Bertz CT molecular complexity index is 388. The zero-order valence-corrected chi connectivity index (χ0v) is 9.33. The van der Waals surface area contributed by atoms with Gasteiger partial charge in [0.1, 0.15) is 23.7 Å². The third-order valence-electron chi connectivity index (χ3n) is 1.84. The van der Waals surface area contributed by atoms with Gasteiger partial charge in [-0.2, -0.15) is 13.2 Å². The van der Waals surface area contributed by atoms with Crippen molar-refractivity contribution in [3.05, 3.63) is 11.3 Å². The van der Waals surface area contributed by atoms with Crippen molar-refractivity contribution in [3.8, 4) is 0 Å². The molecule has 0 fully saturated rings. The molecule has 0 aliphatic rings. The highest BCUT2D eigenvalue weighted by atomic mass is 35.5. The number of rotatable bonds is 4. The SMILES string of the molecule is Nc1ncnc(N(CCO)CC(F)(F)F)c1Cl. The molecule has 0 amide bonds. The molecule has 96 valence electrons. The third kappa shape index (κ3) is 3.90. The Morgan fingerprint density at radius 1 is 1.41 bits per heavy atom. The van der Waals surface area contributed by atoms with E-state index in [0.29, 0.717) is 0 Å². The van der Waals surface area contributed by atoms with Gasteiger partial charge in [0, 0.05) is 6.54 Å². The minimum absolute atomic E-state index is 0.109. The number of halogens is 4. The predicted molar refractivity (Wildman–Crippen MR) is 56.8 cm³/mol. The van der Waals surface area contributed by atoms with Gasteiger partial charge in [0.25, 0.3) is 0 Å². The summed E-state index contributed by atoms with van der Waals surface area (Å²) in [6.45, 7) is -1.99. The number of nitrogens with zero attached hydrogens (tertiary/aromatic N) is 3. The van der Waals surface area contributed by atoms with Gasteiger partial charge in [0.15, 0.2) is 5.82 Å². The first-order valence-corrected chi connectivity index (χ1v) is 4.91. The highest BCUT2D eigenvalue weighted by molar-refractivity contribution is 6.35. The number of hydrogen-bond acceptors (Lipinski definition) is 5. The van der Waals surface area contributed by atoms with E-state index < -0.39 is 19.3 Å². The molecule has 0 aromatic carbocycles. The quantitative estimate of drug-likeness (QED) is 0.856. The monoisotopic (exact) mass is 270 g/mol. The second kappa shape index (κ2) is 5.37. The maximum atomic E-state index is 12.3. The van der Waals surface area contributed by atoms with Gasteiger partial charge in [-0.3, -0.25) is 0 Å². The molecule has 5 nitrogen and oxygen atoms in total. The lowest BCUT2D eigenvalue weighted by molar-refractivity contribution is -0.119. The van der Waals surface area contributed by atoms with Crippen LogP contribution in [0.4, 0.5) is 24.8 Å². The largest absolute Gasteiger partial charge is 0.405 e. The molecule has 1 aromatic rings. The zero-order valence-electron chi connectivity index (χ0n) is 8.58. The Hall–Kier alpha value is -1.28. The van der Waals surface area contributed by atoms with Crippen LogP contribution in [0, 0.1) is 0 Å². The first-order chi connectivity index (χ1) is 7.85. The number of hydrogen-bond donors (Lipinski definition) is 2. The topological polar surface area (TPSA) is 75.3 Å². The fourth-order valence-electron chi connectivity index (χ4n) is 1.19. The molecular weight excluding hydrogens is 261 g/mol. The van der Waals surface area contributed by atoms with Crippen molar-refractivity contribution in [1.29, 1.82) is 0 Å². The van der Waals surface area contributed by atoms with Crippen molar-refractivity contribution in [2.24, 2.45) is 0 Å². The van der Waals surface area contributed by atoms with E-state index in [0.717, 1.165) is 11.2 Å². The van der Waals surface area contributed by atoms with Crippen molar-refractivity contribution >= 4 is 23.2 Å². The molecule has 1 rings (SSSR count). The number of anilines is 2. The summed E-state index contributed by atoms with van der Waals surface area (Å²) in [6.07, 6.45) is -3.42. The maximum absolute atomic E-state index is 12.3. The molecule has 0 spiro atoms. The molecule has 0 bridgehead atoms. The molecule has 1 aromatic heterocycles. The summed E-state index contributed by atoms with van der Waals surface area (Å²) in [4.78, 5) is 7.97. The molecule has 0 unspecified atom stereocenters. The normalized spacial score (nSPS) is 11.6. The Morgan fingerprint density at radius 2 is 2.06 bits per heavy atom. The lowest BCUT2D eigenvalue weighted by Crippen LogP contribution is -2.37. The van der Waals surface area contributed by atoms with Gasteiger partial charge in [-0.05, 0) is 0 Å². The third-order valence-corrected chi connectivity index (χ3v) is 2.20. The van der Waals surface area contributed by atoms with Crippen LogP contribution in [0.5, 0.6) is 0 Å². The minimum atomic E-state index is -4.43. The molecule has 17 heavy (non-hydrogen) atoms. The van der Waals surface area contributed by atoms with Gasteiger partial charge in [0.05, 0.1) is 6.61 Å². The van der Waals surface area contributed by atoms with Crippen LogP contribution in [-0.2, 0) is 0 Å². The van der Waals surface area contributed by atoms with Crippen LogP contribution >= 0.6 is 11.6 Å². The van der Waals surface area contributed by atoms with Gasteiger partial charge in [0.2, 0.25) is 0 Å². The highest BCUT2D eigenvalue weighted by Crippen LogP contribution is 2.29. The fraction of sp³-hybridized carbons (Fsp3) is 0.500. The number of aliphatic hydroxyl groups excluding tert-OH is 1. The van der Waals surface area contributed by atoms with Crippen LogP contribution in [0.3, 0.4) is 0 Å². The van der Waals surface area contributed by atoms with E-state index >= 15 is 0 Å². The molecule has 3 N–H and O–H groups in total. The summed E-state index contributed by atoms with van der Waals surface area (Å²) in [5, 5.41) is 8.57. The van der Waals surface area contributed by atoms with Crippen molar-refractivity contribution < 1.29 is 18.3 Å². The second-order valence-corrected chi connectivity index (χ2v) is 3.53. The molecule has 0 aliphatic heterocycles. The van der Waals surface area contributed by atoms with E-state index in [1.165, 1.54) is 0 Å². The number of nitrogens with two attached hydrogens (primary N) is 1. The Balaban J connectivity index is 3.01. The maximum Gasteiger partial charge on any atom is 0.405 e. The first kappa shape index (κ1) is 13.8. The van der Waals surface area contributed by atoms with Gasteiger partial charge in [-0.25, -0.2) is 9.97 Å². The fourth-order valence-corrected chi connectivity index (χ4v) is 1.41. The molecule has 0 aliphatic carbocycles. The van der Waals surface area contributed by atoms with E-state index in [1.807, 2.05) is 0 Å². The van der Waals surface area contributed by atoms with Crippen molar-refractivity contribution in [2.45, 2.75) is 6.18 Å². The summed E-state index contributed by atoms with van der Waals surface area (Å²) >= 11 is 5.71. The number of alkyl halides is 3. The molecule has 0 atom stereocenters. The molecule has 0 saturated carbocycles. The van der Waals surface area contributed by atoms with Crippen LogP contribution < -0.4 is 10.6 Å². The summed E-state index contributed by atoms with van der Waals surface area (Å²) in [6, 6.07) is 0. The van der Waals surface area contributed by atoms with Crippen molar-refractivity contribution in [1.82, 2.24) is 9.97 Å². The van der Waals surface area contributed by atoms with Gasteiger partial charge in [-0.1, -0.05) is 11.6 Å². The van der Waals surface area contributed by atoms with E-state index in [2.05, 4.69) is 9.97 Å². The predicted octanol–water partition coefficient (Wildman–Crippen LogP) is 1.07. The Morgan fingerprint density at radius 3 is 2.59 bits per heavy atom. The first-order valence-electron chi connectivity index (χ1n) is 4.53. The lowest BCUT2D eigenvalue weighted by atomic mass is 10.4. The Kier molecular flexibility index (Phi) is 4.35. The summed E-state index contributed by atoms with van der Waals surface area (Å²) in [7, 11) is 0. The van der Waals surface area contributed by atoms with Crippen LogP contribution in [0.15, 0.2) is 6.33 Å². The minimum Gasteiger partial charge on any atom is -0.395 e. The average Bonchev–Trinajstić information content (AvgIpc) is 2.19. The molecule has 0 radical (unpaired) electrons. The van der Waals surface area contributed by atoms with Crippen molar-refractivity contribution in [2.75, 3.05) is 30.3 Å². The number of aliphatic hydroxyl groups is 1. The number of nitrogen functional groups attached to an aromatic ring is 1. The number of aromatic nitrogens is 2. The lowest BCUT2D eigenvalue weighted by Gasteiger charge is -2.24.